The van der Waals surface area contributed by atoms with Crippen LogP contribution in [-0.4, -0.2) is 22.4 Å². The molecule has 0 fully saturated rings. The van der Waals surface area contributed by atoms with Gasteiger partial charge in [-0.25, -0.2) is 4.98 Å². The predicted molar refractivity (Wildman–Crippen MR) is 122 cm³/mol. The molecular weight excluding hydrogens is 447 g/mol. The summed E-state index contributed by atoms with van der Waals surface area (Å²) in [6.07, 6.45) is 1.09. The van der Waals surface area contributed by atoms with E-state index in [0.29, 0.717) is 32.7 Å². The number of carbonyl (C=O) groups excluding carboxylic acids is 2. The number of hydrogen-bond acceptors (Lipinski definition) is 5. The molecule has 29 heavy (non-hydrogen) atoms. The van der Waals surface area contributed by atoms with Crippen molar-refractivity contribution in [2.45, 2.75) is 24.1 Å². The van der Waals surface area contributed by atoms with Crippen LogP contribution in [0, 0.1) is 0 Å². The first-order valence-electron chi connectivity index (χ1n) is 8.89. The number of aryl methyl sites for hydroxylation is 1. The van der Waals surface area contributed by atoms with Crippen LogP contribution >= 0.6 is 46.3 Å². The molecule has 0 bridgehead atoms. The summed E-state index contributed by atoms with van der Waals surface area (Å²) in [7, 11) is 0. The van der Waals surface area contributed by atoms with Crippen molar-refractivity contribution in [3.05, 3.63) is 74.7 Å². The fraction of sp³-hybridized carbons (Fsp3) is 0.190. The number of hydrogen-bond donors (Lipinski definition) is 1. The van der Waals surface area contributed by atoms with Gasteiger partial charge in [0.25, 0.3) is 0 Å². The number of rotatable bonds is 8. The van der Waals surface area contributed by atoms with Crippen molar-refractivity contribution in [3.63, 3.8) is 0 Å². The first-order valence-corrected chi connectivity index (χ1v) is 11.5. The molecule has 0 aliphatic carbocycles. The average molecular weight is 465 g/mol. The molecule has 4 nitrogen and oxygen atoms in total. The molecule has 0 aliphatic rings. The van der Waals surface area contributed by atoms with E-state index in [1.807, 2.05) is 29.6 Å². The molecule has 0 spiro atoms. The number of halogens is 2. The lowest BCUT2D eigenvalue weighted by atomic mass is 10.1. The van der Waals surface area contributed by atoms with E-state index < -0.39 is 0 Å². The number of aromatic nitrogens is 1. The minimum Gasteiger partial charge on any atom is -0.326 e. The van der Waals surface area contributed by atoms with E-state index in [-0.39, 0.29) is 18.1 Å². The second kappa shape index (κ2) is 10.3. The average Bonchev–Trinajstić information content (AvgIpc) is 3.16. The smallest absolute Gasteiger partial charge is 0.230 e. The van der Waals surface area contributed by atoms with Gasteiger partial charge in [0.2, 0.25) is 5.91 Å². The Labute approximate surface area is 187 Å². The topological polar surface area (TPSA) is 59.1 Å². The maximum Gasteiger partial charge on any atom is 0.230 e. The van der Waals surface area contributed by atoms with Crippen LogP contribution in [-0.2, 0) is 17.6 Å². The molecular formula is C21H18Cl2N2O2S2. The molecule has 0 saturated carbocycles. The first-order chi connectivity index (χ1) is 13.9. The van der Waals surface area contributed by atoms with Crippen LogP contribution in [0.15, 0.2) is 52.2 Å². The Bertz CT molecular complexity index is 1020. The molecule has 1 aromatic heterocycles. The molecule has 1 N–H and O–H groups in total. The number of amides is 1. The third kappa shape index (κ3) is 6.31. The molecule has 0 saturated heterocycles. The van der Waals surface area contributed by atoms with Crippen molar-refractivity contribution >= 4 is 63.7 Å². The molecule has 0 radical (unpaired) electrons. The summed E-state index contributed by atoms with van der Waals surface area (Å²) >= 11 is 14.6. The molecule has 8 heteroatoms. The standard InChI is InChI=1S/C21H18Cl2N2O2S2/c1-2-13-3-5-14(6-4-13)19(26)12-29-21-25-16(11-28-21)10-20(27)24-15-7-8-17(22)18(23)9-15/h3-9,11H,2,10,12H2,1H3,(H,24,27). The number of thioether (sulfide) groups is 1. The van der Waals surface area contributed by atoms with Crippen LogP contribution in [0.25, 0.3) is 0 Å². The van der Waals surface area contributed by atoms with Crippen molar-refractivity contribution in [1.29, 1.82) is 0 Å². The largest absolute Gasteiger partial charge is 0.326 e. The Morgan fingerprint density at radius 2 is 1.86 bits per heavy atom. The van der Waals surface area contributed by atoms with Crippen molar-refractivity contribution in [3.8, 4) is 0 Å². The first kappa shape index (κ1) is 21.8. The zero-order chi connectivity index (χ0) is 20.8. The Hall–Kier alpha value is -1.86. The summed E-state index contributed by atoms with van der Waals surface area (Å²) in [5, 5.41) is 5.41. The Balaban J connectivity index is 1.51. The Morgan fingerprint density at radius 1 is 1.10 bits per heavy atom. The summed E-state index contributed by atoms with van der Waals surface area (Å²) < 4.78 is 0.765. The molecule has 2 aromatic carbocycles. The number of anilines is 1. The summed E-state index contributed by atoms with van der Waals surface area (Å²) in [5.41, 5.74) is 3.15. The van der Waals surface area contributed by atoms with Gasteiger partial charge in [0.15, 0.2) is 10.1 Å². The third-order valence-corrected chi connectivity index (χ3v) is 6.90. The van der Waals surface area contributed by atoms with E-state index in [1.54, 1.807) is 18.2 Å². The van der Waals surface area contributed by atoms with Crippen LogP contribution in [0.3, 0.4) is 0 Å². The van der Waals surface area contributed by atoms with Crippen molar-refractivity contribution in [1.82, 2.24) is 4.98 Å². The molecule has 150 valence electrons. The van der Waals surface area contributed by atoms with Gasteiger partial charge in [0, 0.05) is 16.6 Å². The van der Waals surface area contributed by atoms with E-state index in [1.165, 1.54) is 28.7 Å². The van der Waals surface area contributed by atoms with Gasteiger partial charge < -0.3 is 5.32 Å². The van der Waals surface area contributed by atoms with E-state index in [9.17, 15) is 9.59 Å². The van der Waals surface area contributed by atoms with Crippen molar-refractivity contribution < 1.29 is 9.59 Å². The number of carbonyl (C=O) groups is 2. The molecule has 0 unspecified atom stereocenters. The number of thiazole rings is 1. The number of Topliss-reactive ketones (excluding diaryl/α,β-unsaturated/α-hetero) is 1. The normalized spacial score (nSPS) is 10.7. The SMILES string of the molecule is CCc1ccc(C(=O)CSc2nc(CC(=O)Nc3ccc(Cl)c(Cl)c3)cs2)cc1. The second-order valence-corrected chi connectivity index (χ2v) is 9.12. The van der Waals surface area contributed by atoms with E-state index in [2.05, 4.69) is 17.2 Å². The second-order valence-electron chi connectivity index (χ2n) is 6.22. The highest BCUT2D eigenvalue weighted by Crippen LogP contribution is 2.26. The number of nitrogens with zero attached hydrogens (tertiary/aromatic N) is 1. The predicted octanol–water partition coefficient (Wildman–Crippen LogP) is 6.17. The van der Waals surface area contributed by atoms with E-state index in [4.69, 9.17) is 23.2 Å². The zero-order valence-corrected chi connectivity index (χ0v) is 18.7. The van der Waals surface area contributed by atoms with Gasteiger partial charge in [-0.1, -0.05) is 66.2 Å². The Kier molecular flexibility index (Phi) is 7.72. The molecule has 0 atom stereocenters. The van der Waals surface area contributed by atoms with Gasteiger partial charge >= 0.3 is 0 Å². The van der Waals surface area contributed by atoms with Crippen LogP contribution in [0.1, 0.15) is 28.5 Å². The van der Waals surface area contributed by atoms with Crippen molar-refractivity contribution in [2.24, 2.45) is 0 Å². The van der Waals surface area contributed by atoms with Crippen LogP contribution in [0.4, 0.5) is 5.69 Å². The number of ketones is 1. The fourth-order valence-corrected chi connectivity index (χ4v) is 4.55. The summed E-state index contributed by atoms with van der Waals surface area (Å²) in [6, 6.07) is 12.6. The highest BCUT2D eigenvalue weighted by Gasteiger charge is 2.12. The third-order valence-electron chi connectivity index (χ3n) is 4.09. The lowest BCUT2D eigenvalue weighted by molar-refractivity contribution is -0.115. The molecule has 1 heterocycles. The summed E-state index contributed by atoms with van der Waals surface area (Å²) in [5.74, 6) is 0.178. The Morgan fingerprint density at radius 3 is 2.55 bits per heavy atom. The van der Waals surface area contributed by atoms with E-state index >= 15 is 0 Å². The monoisotopic (exact) mass is 464 g/mol. The lowest BCUT2D eigenvalue weighted by Gasteiger charge is -2.05. The molecule has 3 aromatic rings. The quantitative estimate of drug-likeness (QED) is 0.319. The maximum atomic E-state index is 12.3. The van der Waals surface area contributed by atoms with Gasteiger partial charge in [-0.05, 0) is 30.2 Å². The van der Waals surface area contributed by atoms with Gasteiger partial charge in [-0.2, -0.15) is 0 Å². The zero-order valence-electron chi connectivity index (χ0n) is 15.6. The van der Waals surface area contributed by atoms with Gasteiger partial charge in [-0.15, -0.1) is 11.3 Å². The minimum atomic E-state index is -0.197. The lowest BCUT2D eigenvalue weighted by Crippen LogP contribution is -2.14. The molecule has 1 amide bonds. The minimum absolute atomic E-state index is 0.0618. The number of nitrogens with one attached hydrogen (secondary N) is 1. The summed E-state index contributed by atoms with van der Waals surface area (Å²) in [4.78, 5) is 29.0. The van der Waals surface area contributed by atoms with E-state index in [0.717, 1.165) is 10.8 Å². The highest BCUT2D eigenvalue weighted by molar-refractivity contribution is 8.01. The fourth-order valence-electron chi connectivity index (χ4n) is 2.52. The van der Waals surface area contributed by atoms with Crippen LogP contribution in [0.2, 0.25) is 10.0 Å². The van der Waals surface area contributed by atoms with Gasteiger partial charge in [0.05, 0.1) is 27.9 Å². The molecule has 0 aliphatic heterocycles. The maximum absolute atomic E-state index is 12.3. The summed E-state index contributed by atoms with van der Waals surface area (Å²) in [6.45, 7) is 2.08. The molecule has 3 rings (SSSR count). The van der Waals surface area contributed by atoms with Gasteiger partial charge in [0.1, 0.15) is 0 Å². The van der Waals surface area contributed by atoms with Gasteiger partial charge in [-0.3, -0.25) is 9.59 Å². The highest BCUT2D eigenvalue weighted by atomic mass is 35.5. The number of benzene rings is 2. The van der Waals surface area contributed by atoms with Crippen LogP contribution in [0.5, 0.6) is 0 Å². The van der Waals surface area contributed by atoms with Crippen molar-refractivity contribution in [2.75, 3.05) is 11.1 Å². The van der Waals surface area contributed by atoms with Crippen LogP contribution < -0.4 is 5.32 Å².